The highest BCUT2D eigenvalue weighted by atomic mass is 16.4. The van der Waals surface area contributed by atoms with Gasteiger partial charge in [-0.1, -0.05) is 0 Å². The lowest BCUT2D eigenvalue weighted by molar-refractivity contribution is -0.137. The number of nitrogens with zero attached hydrogens (tertiary/aromatic N) is 3. The molecule has 0 aliphatic rings. The Kier molecular flexibility index (Phi) is 4.50. The second-order valence-corrected chi connectivity index (χ2v) is 4.43. The van der Waals surface area contributed by atoms with Crippen LogP contribution < -0.4 is 10.6 Å². The number of pyridine rings is 1. The standard InChI is InChI=1S/C13H15N5O3/c1-9-4-14-3-2-10(9)5-15-13(21)17-11-6-16-18(7-11)8-12(19)20/h2-4,6-7H,5,8H2,1H3,(H,19,20)(H2,15,17,21). The number of aliphatic carboxylic acids is 1. The molecule has 2 heterocycles. The molecule has 0 unspecified atom stereocenters. The monoisotopic (exact) mass is 289 g/mol. The van der Waals surface area contributed by atoms with Crippen molar-refractivity contribution < 1.29 is 14.7 Å². The van der Waals surface area contributed by atoms with Gasteiger partial charge >= 0.3 is 12.0 Å². The van der Waals surface area contributed by atoms with E-state index in [9.17, 15) is 9.59 Å². The van der Waals surface area contributed by atoms with Gasteiger partial charge in [-0.2, -0.15) is 5.10 Å². The molecule has 0 aromatic carbocycles. The third-order valence-electron chi connectivity index (χ3n) is 2.76. The Balaban J connectivity index is 1.86. The molecule has 21 heavy (non-hydrogen) atoms. The van der Waals surface area contributed by atoms with E-state index in [1.165, 1.54) is 17.1 Å². The first-order valence-electron chi connectivity index (χ1n) is 6.23. The lowest BCUT2D eigenvalue weighted by Gasteiger charge is -2.07. The Morgan fingerprint density at radius 3 is 2.90 bits per heavy atom. The van der Waals surface area contributed by atoms with E-state index in [0.29, 0.717) is 12.2 Å². The Labute approximate surface area is 120 Å². The van der Waals surface area contributed by atoms with Crippen LogP contribution in [0, 0.1) is 6.92 Å². The number of amides is 2. The van der Waals surface area contributed by atoms with Crippen LogP contribution in [-0.4, -0.2) is 31.9 Å². The first kappa shape index (κ1) is 14.5. The Hall–Kier alpha value is -2.90. The van der Waals surface area contributed by atoms with E-state index in [-0.39, 0.29) is 12.6 Å². The fourth-order valence-electron chi connectivity index (χ4n) is 1.70. The van der Waals surface area contributed by atoms with Gasteiger partial charge in [0.05, 0.1) is 11.9 Å². The Morgan fingerprint density at radius 1 is 1.38 bits per heavy atom. The van der Waals surface area contributed by atoms with Crippen LogP contribution in [0.2, 0.25) is 0 Å². The highest BCUT2D eigenvalue weighted by Gasteiger charge is 2.06. The fourth-order valence-corrected chi connectivity index (χ4v) is 1.70. The van der Waals surface area contributed by atoms with Crippen molar-refractivity contribution in [2.24, 2.45) is 0 Å². The summed E-state index contributed by atoms with van der Waals surface area (Å²) in [6.45, 7) is 2.04. The number of nitrogens with one attached hydrogen (secondary N) is 2. The average molecular weight is 289 g/mol. The fraction of sp³-hybridized carbons (Fsp3) is 0.231. The van der Waals surface area contributed by atoms with Gasteiger partial charge in [-0.25, -0.2) is 4.79 Å². The molecule has 8 heteroatoms. The summed E-state index contributed by atoms with van der Waals surface area (Å²) in [5.41, 5.74) is 2.40. The van der Waals surface area contributed by atoms with Crippen molar-refractivity contribution in [2.45, 2.75) is 20.0 Å². The molecule has 2 aromatic heterocycles. The van der Waals surface area contributed by atoms with Crippen molar-refractivity contribution in [2.75, 3.05) is 5.32 Å². The topological polar surface area (TPSA) is 109 Å². The highest BCUT2D eigenvalue weighted by Crippen LogP contribution is 2.06. The molecule has 0 atom stereocenters. The number of anilines is 1. The number of carbonyl (C=O) groups excluding carboxylic acids is 1. The summed E-state index contributed by atoms with van der Waals surface area (Å²) >= 11 is 0. The molecule has 2 amide bonds. The Morgan fingerprint density at radius 2 is 2.19 bits per heavy atom. The minimum atomic E-state index is -0.998. The number of rotatable bonds is 5. The zero-order valence-electron chi connectivity index (χ0n) is 11.4. The summed E-state index contributed by atoms with van der Waals surface area (Å²) in [5, 5.41) is 17.7. The maximum Gasteiger partial charge on any atom is 0.325 e. The van der Waals surface area contributed by atoms with Crippen molar-refractivity contribution in [3.05, 3.63) is 42.0 Å². The number of carboxylic acids is 1. The second kappa shape index (κ2) is 6.51. The molecule has 0 aliphatic heterocycles. The van der Waals surface area contributed by atoms with Gasteiger partial charge in [0.2, 0.25) is 0 Å². The van der Waals surface area contributed by atoms with Crippen molar-refractivity contribution >= 4 is 17.7 Å². The highest BCUT2D eigenvalue weighted by molar-refractivity contribution is 5.88. The molecular formula is C13H15N5O3. The predicted octanol–water partition coefficient (Wildman–Crippen LogP) is 0.993. The van der Waals surface area contributed by atoms with Gasteiger partial charge in [-0.05, 0) is 24.1 Å². The maximum absolute atomic E-state index is 11.7. The number of carbonyl (C=O) groups is 2. The Bertz CT molecular complexity index is 653. The number of aryl methyl sites for hydroxylation is 1. The summed E-state index contributed by atoms with van der Waals surface area (Å²) in [7, 11) is 0. The molecule has 110 valence electrons. The van der Waals surface area contributed by atoms with E-state index in [4.69, 9.17) is 5.11 Å². The third-order valence-corrected chi connectivity index (χ3v) is 2.76. The zero-order valence-corrected chi connectivity index (χ0v) is 11.4. The molecule has 0 saturated heterocycles. The molecule has 8 nitrogen and oxygen atoms in total. The predicted molar refractivity (Wildman–Crippen MR) is 74.7 cm³/mol. The molecule has 0 spiro atoms. The molecule has 0 aliphatic carbocycles. The minimum absolute atomic E-state index is 0.250. The summed E-state index contributed by atoms with van der Waals surface area (Å²) < 4.78 is 1.23. The number of hydrogen-bond acceptors (Lipinski definition) is 4. The zero-order chi connectivity index (χ0) is 15.2. The molecule has 3 N–H and O–H groups in total. The van der Waals surface area contributed by atoms with E-state index in [0.717, 1.165) is 11.1 Å². The van der Waals surface area contributed by atoms with Crippen LogP contribution in [0.15, 0.2) is 30.9 Å². The third kappa shape index (κ3) is 4.30. The maximum atomic E-state index is 11.7. The quantitative estimate of drug-likeness (QED) is 0.760. The molecule has 2 rings (SSSR count). The van der Waals surface area contributed by atoms with Gasteiger partial charge in [0, 0.05) is 25.1 Å². The first-order valence-corrected chi connectivity index (χ1v) is 6.23. The minimum Gasteiger partial charge on any atom is -0.480 e. The average Bonchev–Trinajstić information content (AvgIpc) is 2.84. The van der Waals surface area contributed by atoms with Crippen LogP contribution in [0.25, 0.3) is 0 Å². The van der Waals surface area contributed by atoms with Crippen LogP contribution in [0.1, 0.15) is 11.1 Å². The normalized spacial score (nSPS) is 10.1. The molecule has 0 bridgehead atoms. The summed E-state index contributed by atoms with van der Waals surface area (Å²) in [4.78, 5) is 26.2. The van der Waals surface area contributed by atoms with E-state index in [1.54, 1.807) is 12.4 Å². The second-order valence-electron chi connectivity index (χ2n) is 4.43. The summed E-state index contributed by atoms with van der Waals surface area (Å²) in [6, 6.07) is 1.45. The van der Waals surface area contributed by atoms with Crippen LogP contribution in [0.5, 0.6) is 0 Å². The number of hydrogen-bond donors (Lipinski definition) is 3. The summed E-state index contributed by atoms with van der Waals surface area (Å²) in [6.07, 6.45) is 6.23. The van der Waals surface area contributed by atoms with E-state index in [2.05, 4.69) is 20.7 Å². The van der Waals surface area contributed by atoms with Gasteiger partial charge in [0.25, 0.3) is 0 Å². The molecule has 0 saturated carbocycles. The van der Waals surface area contributed by atoms with Crippen molar-refractivity contribution in [3.8, 4) is 0 Å². The smallest absolute Gasteiger partial charge is 0.325 e. The number of aromatic nitrogens is 3. The van der Waals surface area contributed by atoms with Gasteiger partial charge in [-0.15, -0.1) is 0 Å². The summed E-state index contributed by atoms with van der Waals surface area (Å²) in [5.74, 6) is -0.998. The lowest BCUT2D eigenvalue weighted by atomic mass is 10.1. The lowest BCUT2D eigenvalue weighted by Crippen LogP contribution is -2.28. The molecule has 0 fully saturated rings. The first-order chi connectivity index (χ1) is 10.0. The van der Waals surface area contributed by atoms with Crippen molar-refractivity contribution in [1.29, 1.82) is 0 Å². The number of carboxylic acid groups (broad SMARTS) is 1. The van der Waals surface area contributed by atoms with E-state index >= 15 is 0 Å². The van der Waals surface area contributed by atoms with Crippen molar-refractivity contribution in [1.82, 2.24) is 20.1 Å². The van der Waals surface area contributed by atoms with Crippen LogP contribution >= 0.6 is 0 Å². The van der Waals surface area contributed by atoms with Gasteiger partial charge in [0.1, 0.15) is 6.54 Å². The van der Waals surface area contributed by atoms with Crippen molar-refractivity contribution in [3.63, 3.8) is 0 Å². The van der Waals surface area contributed by atoms with Gasteiger partial charge in [0.15, 0.2) is 0 Å². The van der Waals surface area contributed by atoms with E-state index in [1.807, 2.05) is 13.0 Å². The molecular weight excluding hydrogens is 274 g/mol. The van der Waals surface area contributed by atoms with Crippen LogP contribution in [0.3, 0.4) is 0 Å². The SMILES string of the molecule is Cc1cnccc1CNC(=O)Nc1cnn(CC(=O)O)c1. The van der Waals surface area contributed by atoms with Crippen LogP contribution in [-0.2, 0) is 17.9 Å². The van der Waals surface area contributed by atoms with E-state index < -0.39 is 5.97 Å². The molecule has 2 aromatic rings. The van der Waals surface area contributed by atoms with Crippen LogP contribution in [0.4, 0.5) is 10.5 Å². The largest absolute Gasteiger partial charge is 0.480 e. The number of urea groups is 1. The van der Waals surface area contributed by atoms with Gasteiger partial charge in [-0.3, -0.25) is 14.5 Å². The van der Waals surface area contributed by atoms with Gasteiger partial charge < -0.3 is 15.7 Å². The molecule has 0 radical (unpaired) electrons.